The van der Waals surface area contributed by atoms with E-state index in [0.29, 0.717) is 6.07 Å². The van der Waals surface area contributed by atoms with Crippen molar-refractivity contribution >= 4 is 32.4 Å². The van der Waals surface area contributed by atoms with E-state index < -0.39 is 44.2 Å². The van der Waals surface area contributed by atoms with Crippen molar-refractivity contribution in [2.75, 3.05) is 10.5 Å². The van der Waals surface area contributed by atoms with Gasteiger partial charge in [-0.1, -0.05) is 12.1 Å². The fraction of sp³-hybridized carbons (Fsp3) is 0.0526. The Morgan fingerprint density at radius 2 is 1.67 bits per heavy atom. The third-order valence-corrected chi connectivity index (χ3v) is 5.90. The Balaban J connectivity index is 1.69. The molecule has 0 bridgehead atoms. The van der Waals surface area contributed by atoms with Crippen molar-refractivity contribution in [1.82, 2.24) is 15.2 Å². The molecule has 0 saturated heterocycles. The Morgan fingerprint density at radius 1 is 1.00 bits per heavy atom. The van der Waals surface area contributed by atoms with Crippen molar-refractivity contribution in [2.45, 2.75) is 11.1 Å². The summed E-state index contributed by atoms with van der Waals surface area (Å²) in [5.74, 6) is -5.13. The van der Waals surface area contributed by atoms with Crippen LogP contribution in [0.15, 0.2) is 47.4 Å². The summed E-state index contributed by atoms with van der Waals surface area (Å²) in [5, 5.41) is 5.55. The first-order valence-corrected chi connectivity index (χ1v) is 10.3. The van der Waals surface area contributed by atoms with Gasteiger partial charge in [-0.05, 0) is 24.3 Å². The van der Waals surface area contributed by atoms with E-state index >= 15 is 0 Å². The molecule has 0 aliphatic carbocycles. The number of nitrogens with zero attached hydrogens (tertiary/aromatic N) is 2. The third kappa shape index (κ3) is 4.16. The summed E-state index contributed by atoms with van der Waals surface area (Å²) in [4.78, 5) is 2.37. The molecule has 172 valence electrons. The standard InChI is InChI=1S/C19H11F6N5O2S/c20-9-5-11(21)16(22)14(6-9)33(31,32)30-10-3-1-8(2-4-10)12-7-13-15(18(26)29-28-13)17(27-12)19(23,24)25/h1-7,30H,(H3,26,28,29). The number of alkyl halides is 3. The molecule has 0 radical (unpaired) electrons. The minimum atomic E-state index is -4.83. The minimum Gasteiger partial charge on any atom is -0.382 e. The number of aromatic amines is 1. The smallest absolute Gasteiger partial charge is 0.382 e. The topological polar surface area (TPSA) is 114 Å². The molecule has 2 aromatic heterocycles. The maximum atomic E-state index is 13.9. The van der Waals surface area contributed by atoms with Crippen molar-refractivity contribution in [3.63, 3.8) is 0 Å². The van der Waals surface area contributed by atoms with E-state index in [-0.39, 0.29) is 39.7 Å². The molecule has 4 rings (SSSR count). The number of sulfonamides is 1. The average molecular weight is 487 g/mol. The van der Waals surface area contributed by atoms with Crippen LogP contribution >= 0.6 is 0 Å². The number of rotatable bonds is 4. The zero-order chi connectivity index (χ0) is 24.1. The molecule has 0 saturated carbocycles. The third-order valence-electron chi connectivity index (χ3n) is 4.52. The van der Waals surface area contributed by atoms with E-state index in [1.54, 1.807) is 0 Å². The first-order valence-electron chi connectivity index (χ1n) is 8.86. The van der Waals surface area contributed by atoms with Crippen molar-refractivity contribution < 1.29 is 34.8 Å². The van der Waals surface area contributed by atoms with Gasteiger partial charge in [0, 0.05) is 17.3 Å². The summed E-state index contributed by atoms with van der Waals surface area (Å²) in [6.45, 7) is 0. The number of nitrogen functional groups attached to an aromatic ring is 1. The molecule has 0 spiro atoms. The lowest BCUT2D eigenvalue weighted by atomic mass is 10.1. The maximum Gasteiger partial charge on any atom is 0.434 e. The molecular weight excluding hydrogens is 476 g/mol. The van der Waals surface area contributed by atoms with Gasteiger partial charge in [0.2, 0.25) is 0 Å². The highest BCUT2D eigenvalue weighted by molar-refractivity contribution is 7.92. The number of hydrogen-bond acceptors (Lipinski definition) is 5. The predicted molar refractivity (Wildman–Crippen MR) is 106 cm³/mol. The predicted octanol–water partition coefficient (Wildman–Crippen LogP) is 4.44. The average Bonchev–Trinajstić information content (AvgIpc) is 3.10. The van der Waals surface area contributed by atoms with Gasteiger partial charge in [-0.25, -0.2) is 26.6 Å². The van der Waals surface area contributed by atoms with Gasteiger partial charge in [0.05, 0.1) is 16.6 Å². The Labute approximate surface area is 181 Å². The number of H-pyrrole nitrogens is 1. The second-order valence-corrected chi connectivity index (χ2v) is 8.42. The van der Waals surface area contributed by atoms with Crippen LogP contribution in [0, 0.1) is 17.5 Å². The van der Waals surface area contributed by atoms with Crippen LogP contribution in [0.2, 0.25) is 0 Å². The van der Waals surface area contributed by atoms with Gasteiger partial charge in [0.25, 0.3) is 10.0 Å². The van der Waals surface area contributed by atoms with Crippen LogP contribution in [0.4, 0.5) is 37.8 Å². The van der Waals surface area contributed by atoms with Crippen LogP contribution in [0.3, 0.4) is 0 Å². The van der Waals surface area contributed by atoms with Crippen LogP contribution in [0.25, 0.3) is 22.2 Å². The van der Waals surface area contributed by atoms with E-state index in [1.165, 1.54) is 18.2 Å². The lowest BCUT2D eigenvalue weighted by Gasteiger charge is -2.12. The molecule has 4 aromatic rings. The highest BCUT2D eigenvalue weighted by atomic mass is 32.2. The molecular formula is C19H11F6N5O2S. The number of benzene rings is 2. The molecule has 0 aliphatic rings. The van der Waals surface area contributed by atoms with E-state index in [4.69, 9.17) is 5.73 Å². The van der Waals surface area contributed by atoms with Crippen LogP contribution in [0.5, 0.6) is 0 Å². The number of aromatic nitrogens is 3. The molecule has 14 heteroatoms. The SMILES string of the molecule is Nc1n[nH]c2cc(-c3ccc(NS(=O)(=O)c4cc(F)cc(F)c4F)cc3)nc(C(F)(F)F)c12. The zero-order valence-corrected chi connectivity index (χ0v) is 16.8. The summed E-state index contributed by atoms with van der Waals surface area (Å²) in [6.07, 6.45) is -4.83. The van der Waals surface area contributed by atoms with Gasteiger partial charge in [0.15, 0.2) is 23.1 Å². The number of nitrogens with one attached hydrogen (secondary N) is 2. The molecule has 33 heavy (non-hydrogen) atoms. The first kappa shape index (κ1) is 22.4. The number of halogens is 6. The Hall–Kier alpha value is -3.81. The number of fused-ring (bicyclic) bond motifs is 1. The van der Waals surface area contributed by atoms with Crippen molar-refractivity contribution in [3.8, 4) is 11.3 Å². The molecule has 0 unspecified atom stereocenters. The number of anilines is 2. The van der Waals surface area contributed by atoms with Crippen molar-refractivity contribution in [2.24, 2.45) is 0 Å². The maximum absolute atomic E-state index is 13.9. The molecule has 0 atom stereocenters. The Kier molecular flexibility index (Phi) is 5.19. The summed E-state index contributed by atoms with van der Waals surface area (Å²) < 4.78 is 108. The molecule has 2 aromatic carbocycles. The lowest BCUT2D eigenvalue weighted by molar-refractivity contribution is -0.139. The molecule has 0 amide bonds. The summed E-state index contributed by atoms with van der Waals surface area (Å²) in [7, 11) is -4.72. The van der Waals surface area contributed by atoms with Crippen LogP contribution < -0.4 is 10.5 Å². The molecule has 0 fully saturated rings. The highest BCUT2D eigenvalue weighted by Gasteiger charge is 2.37. The fourth-order valence-electron chi connectivity index (χ4n) is 3.07. The first-order chi connectivity index (χ1) is 15.4. The monoisotopic (exact) mass is 487 g/mol. The summed E-state index contributed by atoms with van der Waals surface area (Å²) >= 11 is 0. The zero-order valence-electron chi connectivity index (χ0n) is 16.0. The number of pyridine rings is 1. The van der Waals surface area contributed by atoms with Crippen molar-refractivity contribution in [1.29, 1.82) is 0 Å². The van der Waals surface area contributed by atoms with Crippen LogP contribution in [-0.2, 0) is 16.2 Å². The lowest BCUT2D eigenvalue weighted by Crippen LogP contribution is -2.15. The number of nitrogens with two attached hydrogens (primary N) is 1. The fourth-order valence-corrected chi connectivity index (χ4v) is 4.23. The summed E-state index contributed by atoms with van der Waals surface area (Å²) in [5.41, 5.74) is 4.13. The van der Waals surface area contributed by atoms with Gasteiger partial charge in [-0.15, -0.1) is 0 Å². The Morgan fingerprint density at radius 3 is 2.30 bits per heavy atom. The van der Waals surface area contributed by atoms with E-state index in [1.807, 2.05) is 4.72 Å². The largest absolute Gasteiger partial charge is 0.434 e. The van der Waals surface area contributed by atoms with Gasteiger partial charge < -0.3 is 5.73 Å². The van der Waals surface area contributed by atoms with Gasteiger partial charge in [-0.3, -0.25) is 9.82 Å². The quantitative estimate of drug-likeness (QED) is 0.291. The second kappa shape index (κ2) is 7.65. The second-order valence-electron chi connectivity index (χ2n) is 6.77. The molecule has 7 nitrogen and oxygen atoms in total. The number of hydrogen-bond donors (Lipinski definition) is 3. The Bertz CT molecular complexity index is 1480. The molecule has 0 aliphatic heterocycles. The highest BCUT2D eigenvalue weighted by Crippen LogP contribution is 2.37. The van der Waals surface area contributed by atoms with E-state index in [2.05, 4.69) is 15.2 Å². The normalized spacial score (nSPS) is 12.3. The van der Waals surface area contributed by atoms with Gasteiger partial charge in [-0.2, -0.15) is 18.3 Å². The molecule has 2 heterocycles. The minimum absolute atomic E-state index is 0.0155. The van der Waals surface area contributed by atoms with E-state index in [9.17, 15) is 34.8 Å². The van der Waals surface area contributed by atoms with Crippen LogP contribution in [-0.4, -0.2) is 23.6 Å². The van der Waals surface area contributed by atoms with E-state index in [0.717, 1.165) is 12.1 Å². The van der Waals surface area contributed by atoms with Crippen LogP contribution in [0.1, 0.15) is 5.69 Å². The van der Waals surface area contributed by atoms with Crippen molar-refractivity contribution in [3.05, 3.63) is 65.6 Å². The van der Waals surface area contributed by atoms with Gasteiger partial charge >= 0.3 is 6.18 Å². The molecule has 4 N–H and O–H groups in total. The summed E-state index contributed by atoms with van der Waals surface area (Å²) in [6, 6.07) is 6.57. The van der Waals surface area contributed by atoms with Gasteiger partial charge in [0.1, 0.15) is 10.7 Å².